The average Bonchev–Trinajstić information content (AvgIpc) is 2.65. The lowest BCUT2D eigenvalue weighted by molar-refractivity contribution is -0.130. The van der Waals surface area contributed by atoms with E-state index in [4.69, 9.17) is 4.74 Å². The number of amides is 1. The average molecular weight is 281 g/mol. The number of para-hydroxylation sites is 1. The van der Waals surface area contributed by atoms with Gasteiger partial charge in [0.25, 0.3) is 0 Å². The second-order valence-corrected chi connectivity index (χ2v) is 5.38. The summed E-state index contributed by atoms with van der Waals surface area (Å²) in [6, 6.07) is 16.0. The highest BCUT2D eigenvalue weighted by Gasteiger charge is 2.32. The van der Waals surface area contributed by atoms with Crippen molar-refractivity contribution in [2.45, 2.75) is 12.3 Å². The van der Waals surface area contributed by atoms with Gasteiger partial charge in [0.15, 0.2) is 0 Å². The zero-order chi connectivity index (χ0) is 14.8. The Morgan fingerprint density at radius 1 is 1.05 bits per heavy atom. The summed E-state index contributed by atoms with van der Waals surface area (Å²) in [6.45, 7) is 0.751. The predicted octanol–water partition coefficient (Wildman–Crippen LogP) is 2.84. The lowest BCUT2D eigenvalue weighted by Crippen LogP contribution is -2.31. The van der Waals surface area contributed by atoms with Crippen LogP contribution >= 0.6 is 0 Å². The Morgan fingerprint density at radius 3 is 2.48 bits per heavy atom. The second-order valence-electron chi connectivity index (χ2n) is 5.38. The Balaban J connectivity index is 2.19. The van der Waals surface area contributed by atoms with Crippen molar-refractivity contribution in [2.75, 3.05) is 20.7 Å². The van der Waals surface area contributed by atoms with Gasteiger partial charge in [0.2, 0.25) is 5.91 Å². The quantitative estimate of drug-likeness (QED) is 0.847. The number of benzene rings is 2. The van der Waals surface area contributed by atoms with Crippen LogP contribution in [0, 0.1) is 0 Å². The number of nitrogens with zero attached hydrogens (tertiary/aromatic N) is 1. The van der Waals surface area contributed by atoms with E-state index in [0.29, 0.717) is 0 Å². The van der Waals surface area contributed by atoms with E-state index in [1.165, 1.54) is 5.56 Å². The van der Waals surface area contributed by atoms with Crippen LogP contribution in [0.2, 0.25) is 0 Å². The third kappa shape index (κ3) is 2.40. The lowest BCUT2D eigenvalue weighted by Gasteiger charge is -2.22. The third-order valence-electron chi connectivity index (χ3n) is 4.16. The highest BCUT2D eigenvalue weighted by atomic mass is 16.5. The molecule has 0 saturated carbocycles. The number of carbonyl (C=O) groups excluding carboxylic acids is 1. The van der Waals surface area contributed by atoms with Crippen LogP contribution in [0.3, 0.4) is 0 Å². The van der Waals surface area contributed by atoms with E-state index < -0.39 is 0 Å². The van der Waals surface area contributed by atoms with E-state index in [1.54, 1.807) is 7.11 Å². The van der Waals surface area contributed by atoms with Crippen LogP contribution in [-0.2, 0) is 11.2 Å². The molecule has 0 radical (unpaired) electrons. The number of fused-ring (bicyclic) bond motifs is 1. The molecule has 3 rings (SSSR count). The summed E-state index contributed by atoms with van der Waals surface area (Å²) in [5.41, 5.74) is 3.27. The molecule has 0 N–H and O–H groups in total. The molecule has 0 saturated heterocycles. The molecule has 0 aliphatic carbocycles. The summed E-state index contributed by atoms with van der Waals surface area (Å²) in [5.74, 6) is 0.607. The van der Waals surface area contributed by atoms with E-state index in [-0.39, 0.29) is 11.8 Å². The smallest absolute Gasteiger partial charge is 0.234 e. The molecule has 2 aromatic carbocycles. The summed E-state index contributed by atoms with van der Waals surface area (Å²) in [7, 11) is 3.52. The molecule has 0 spiro atoms. The fraction of sp³-hybridized carbons (Fsp3) is 0.278. The molecule has 1 unspecified atom stereocenters. The lowest BCUT2D eigenvalue weighted by atomic mass is 9.87. The van der Waals surface area contributed by atoms with E-state index in [9.17, 15) is 4.79 Å². The topological polar surface area (TPSA) is 29.5 Å². The number of likely N-dealkylation sites (N-methyl/N-ethyl adjacent to an activating group) is 1. The zero-order valence-electron chi connectivity index (χ0n) is 12.4. The monoisotopic (exact) mass is 281 g/mol. The molecule has 1 atom stereocenters. The van der Waals surface area contributed by atoms with Crippen molar-refractivity contribution in [1.29, 1.82) is 0 Å². The first-order valence-electron chi connectivity index (χ1n) is 7.18. The van der Waals surface area contributed by atoms with Crippen molar-refractivity contribution in [3.8, 4) is 5.75 Å². The van der Waals surface area contributed by atoms with E-state index in [0.717, 1.165) is 29.8 Å². The van der Waals surface area contributed by atoms with Crippen molar-refractivity contribution >= 4 is 5.91 Å². The molecule has 2 aromatic rings. The molecule has 0 aromatic heterocycles. The first-order valence-corrected chi connectivity index (χ1v) is 7.18. The molecule has 1 aliphatic heterocycles. The van der Waals surface area contributed by atoms with E-state index in [1.807, 2.05) is 48.3 Å². The maximum Gasteiger partial charge on any atom is 0.234 e. The van der Waals surface area contributed by atoms with Gasteiger partial charge in [-0.25, -0.2) is 0 Å². The van der Waals surface area contributed by atoms with Crippen LogP contribution in [0.4, 0.5) is 0 Å². The van der Waals surface area contributed by atoms with Crippen molar-refractivity contribution in [1.82, 2.24) is 4.90 Å². The molecule has 0 bridgehead atoms. The molecule has 0 fully saturated rings. The normalized spacial score (nSPS) is 18.1. The summed E-state index contributed by atoms with van der Waals surface area (Å²) in [6.07, 6.45) is 0.893. The largest absolute Gasteiger partial charge is 0.496 e. The zero-order valence-corrected chi connectivity index (χ0v) is 12.4. The molecular weight excluding hydrogens is 262 g/mol. The first kappa shape index (κ1) is 13.7. The van der Waals surface area contributed by atoms with Crippen molar-refractivity contribution in [3.63, 3.8) is 0 Å². The van der Waals surface area contributed by atoms with Gasteiger partial charge in [-0.05, 0) is 23.6 Å². The predicted molar refractivity (Wildman–Crippen MR) is 82.6 cm³/mol. The molecule has 3 nitrogen and oxygen atoms in total. The molecule has 3 heteroatoms. The van der Waals surface area contributed by atoms with Gasteiger partial charge >= 0.3 is 0 Å². The Kier molecular flexibility index (Phi) is 3.65. The summed E-state index contributed by atoms with van der Waals surface area (Å²) in [4.78, 5) is 14.7. The van der Waals surface area contributed by atoms with Gasteiger partial charge in [0.1, 0.15) is 5.75 Å². The van der Waals surface area contributed by atoms with Crippen LogP contribution < -0.4 is 4.74 Å². The maximum absolute atomic E-state index is 12.8. The first-order chi connectivity index (χ1) is 10.2. The van der Waals surface area contributed by atoms with Gasteiger partial charge in [0, 0.05) is 19.2 Å². The molecular formula is C18H19NO2. The van der Waals surface area contributed by atoms with Crippen molar-refractivity contribution in [3.05, 3.63) is 65.2 Å². The Bertz CT molecular complexity index is 666. The van der Waals surface area contributed by atoms with E-state index >= 15 is 0 Å². The van der Waals surface area contributed by atoms with Crippen LogP contribution in [0.25, 0.3) is 0 Å². The van der Waals surface area contributed by atoms with Gasteiger partial charge in [0.05, 0.1) is 13.0 Å². The number of carbonyl (C=O) groups is 1. The highest BCUT2D eigenvalue weighted by molar-refractivity contribution is 5.88. The second kappa shape index (κ2) is 5.60. The fourth-order valence-electron chi connectivity index (χ4n) is 3.00. The third-order valence-corrected chi connectivity index (χ3v) is 4.16. The fourth-order valence-corrected chi connectivity index (χ4v) is 3.00. The maximum atomic E-state index is 12.8. The van der Waals surface area contributed by atoms with Crippen LogP contribution in [0.5, 0.6) is 5.75 Å². The summed E-state index contributed by atoms with van der Waals surface area (Å²) in [5, 5.41) is 0. The molecule has 1 heterocycles. The number of ether oxygens (including phenoxy) is 1. The minimum Gasteiger partial charge on any atom is -0.496 e. The van der Waals surface area contributed by atoms with Gasteiger partial charge in [-0.15, -0.1) is 0 Å². The molecule has 21 heavy (non-hydrogen) atoms. The Labute approximate surface area is 125 Å². The highest BCUT2D eigenvalue weighted by Crippen LogP contribution is 2.36. The van der Waals surface area contributed by atoms with Gasteiger partial charge in [-0.3, -0.25) is 4.79 Å². The number of hydrogen-bond acceptors (Lipinski definition) is 2. The van der Waals surface area contributed by atoms with Gasteiger partial charge in [-0.1, -0.05) is 42.5 Å². The summed E-state index contributed by atoms with van der Waals surface area (Å²) < 4.78 is 5.47. The van der Waals surface area contributed by atoms with E-state index in [2.05, 4.69) is 12.1 Å². The molecule has 108 valence electrons. The number of hydrogen-bond donors (Lipinski definition) is 0. The SMILES string of the molecule is COc1ccccc1C1C(=O)N(C)CCc2ccccc21. The minimum atomic E-state index is -0.287. The van der Waals surface area contributed by atoms with Crippen molar-refractivity contribution < 1.29 is 9.53 Å². The Morgan fingerprint density at radius 2 is 1.71 bits per heavy atom. The van der Waals surface area contributed by atoms with Crippen molar-refractivity contribution in [2.24, 2.45) is 0 Å². The van der Waals surface area contributed by atoms with Gasteiger partial charge < -0.3 is 9.64 Å². The standard InChI is InChI=1S/C18H19NO2/c1-19-12-11-13-7-3-4-8-14(13)17(18(19)20)15-9-5-6-10-16(15)21-2/h3-10,17H,11-12H2,1-2H3. The number of rotatable bonds is 2. The van der Waals surface area contributed by atoms with Gasteiger partial charge in [-0.2, -0.15) is 0 Å². The minimum absolute atomic E-state index is 0.129. The Hall–Kier alpha value is -2.29. The molecule has 1 aliphatic rings. The van der Waals surface area contributed by atoms with Crippen LogP contribution in [-0.4, -0.2) is 31.5 Å². The number of methoxy groups -OCH3 is 1. The molecule has 1 amide bonds. The van der Waals surface area contributed by atoms with Crippen LogP contribution in [0.1, 0.15) is 22.6 Å². The summed E-state index contributed by atoms with van der Waals surface area (Å²) >= 11 is 0. The van der Waals surface area contributed by atoms with Crippen LogP contribution in [0.15, 0.2) is 48.5 Å².